The molecule has 0 saturated heterocycles. The molecule has 326 valence electrons. The summed E-state index contributed by atoms with van der Waals surface area (Å²) in [4.78, 5) is 3.54. The van der Waals surface area contributed by atoms with E-state index in [1.807, 2.05) is 121 Å². The Kier molecular flexibility index (Phi) is 6.48. The van der Waals surface area contributed by atoms with E-state index in [4.69, 9.17) is 8.22 Å². The van der Waals surface area contributed by atoms with Crippen molar-refractivity contribution in [3.05, 3.63) is 255 Å². The second-order valence-electron chi connectivity index (χ2n) is 17.8. The van der Waals surface area contributed by atoms with Crippen molar-refractivity contribution in [1.82, 2.24) is 8.80 Å². The summed E-state index contributed by atoms with van der Waals surface area (Å²) >= 11 is 0. The van der Waals surface area contributed by atoms with Crippen LogP contribution in [-0.2, 0) is 0 Å². The fourth-order valence-corrected chi connectivity index (χ4v) is 11.1. The summed E-state index contributed by atoms with van der Waals surface area (Å²) in [5, 5.41) is 8.24. The zero-order valence-electron chi connectivity index (χ0n) is 47.3. The molecule has 11 aromatic carbocycles. The van der Waals surface area contributed by atoms with Gasteiger partial charge in [-0.25, -0.2) is 0 Å². The lowest BCUT2D eigenvalue weighted by Crippen LogP contribution is -2.09. The van der Waals surface area contributed by atoms with Gasteiger partial charge in [0.2, 0.25) is 0 Å². The average molecular weight is 901 g/mol. The van der Waals surface area contributed by atoms with Gasteiger partial charge < -0.3 is 18.6 Å². The Morgan fingerprint density at radius 3 is 1.00 bits per heavy atom. The minimum Gasteiger partial charge on any atom is -0.310 e. The Hall–Kier alpha value is -9.38. The maximum Gasteiger partial charge on any atom is 0.0645 e. The quantitative estimate of drug-likeness (QED) is 0.151. The molecule has 0 spiro atoms. The summed E-state index contributed by atoms with van der Waals surface area (Å²) in [5.41, 5.74) is 12.4. The van der Waals surface area contributed by atoms with Crippen LogP contribution in [0.2, 0.25) is 0 Å². The number of rotatable bonds is 8. The molecule has 4 aromatic heterocycles. The fourth-order valence-electron chi connectivity index (χ4n) is 11.1. The van der Waals surface area contributed by atoms with Gasteiger partial charge in [0, 0.05) is 77.2 Å². The second kappa shape index (κ2) is 15.1. The number of hydrogen-bond donors (Lipinski definition) is 0. The van der Waals surface area contributed by atoms with Crippen molar-refractivity contribution in [3.63, 3.8) is 0 Å². The summed E-state index contributed by atoms with van der Waals surface area (Å²) in [7, 11) is 0. The lowest BCUT2D eigenvalue weighted by atomic mass is 10.0. The average Bonchev–Trinajstić information content (AvgIpc) is 4.43. The van der Waals surface area contributed by atoms with E-state index in [9.17, 15) is 5.48 Å². The van der Waals surface area contributed by atoms with E-state index in [-0.39, 0.29) is 35.5 Å². The van der Waals surface area contributed by atoms with Gasteiger partial charge in [-0.2, -0.15) is 0 Å². The molecular formula is C66H42N4. The van der Waals surface area contributed by atoms with Crippen molar-refractivity contribution >= 4 is 110 Å². The van der Waals surface area contributed by atoms with E-state index in [2.05, 4.69) is 81.6 Å². The molecular weight excluding hydrogens is 849 g/mol. The maximum atomic E-state index is 9.21. The van der Waals surface area contributed by atoms with Crippen molar-refractivity contribution in [2.75, 3.05) is 9.80 Å². The molecule has 0 radical (unpaired) electrons. The second-order valence-corrected chi connectivity index (χ2v) is 17.8. The highest BCUT2D eigenvalue weighted by Gasteiger charge is 2.24. The molecule has 0 unspecified atom stereocenters. The van der Waals surface area contributed by atoms with E-state index < -0.39 is 36.3 Å². The Balaban J connectivity index is 0.954. The molecule has 4 heteroatoms. The van der Waals surface area contributed by atoms with Gasteiger partial charge in [0.05, 0.1) is 46.8 Å². The van der Waals surface area contributed by atoms with Crippen LogP contribution in [0, 0.1) is 0 Å². The summed E-state index contributed by atoms with van der Waals surface area (Å²) in [5.74, 6) is 0. The zero-order valence-corrected chi connectivity index (χ0v) is 37.3. The van der Waals surface area contributed by atoms with Crippen LogP contribution in [0.25, 0.3) is 98.4 Å². The first-order chi connectivity index (χ1) is 38.9. The van der Waals surface area contributed by atoms with Gasteiger partial charge in [0.1, 0.15) is 0 Å². The summed E-state index contributed by atoms with van der Waals surface area (Å²) < 4.78 is 93.3. The first-order valence-electron chi connectivity index (χ1n) is 28.3. The molecule has 4 heterocycles. The first-order valence-corrected chi connectivity index (χ1v) is 23.3. The standard InChI is InChI=1S/C66H42N4/c1-5-15-43(16-6-1)45-27-31-49(32-28-45)67(47-19-9-3-10-20-47)51-35-37-53-55-23-13-25-57-59-42-64-60(41-63(59)69(65(55)57)61(53)39-51)58-26-14-24-56-54-38-36-52(40-62(54)70(64)66(56)58)68(48-21-11-4-12-22-48)50-33-29-46(30-34-50)44-17-7-2-8-18-44/h1-42H/i3D,4D,9D,10D,11D,12D,19D,20D,21D,22D. The van der Waals surface area contributed by atoms with E-state index in [0.717, 1.165) is 98.4 Å². The molecule has 0 bridgehead atoms. The molecule has 0 saturated carbocycles. The van der Waals surface area contributed by atoms with Gasteiger partial charge in [0.15, 0.2) is 0 Å². The summed E-state index contributed by atoms with van der Waals surface area (Å²) in [6.45, 7) is 0. The van der Waals surface area contributed by atoms with Crippen LogP contribution in [0.1, 0.15) is 13.7 Å². The molecule has 0 N–H and O–H groups in total. The number of para-hydroxylation sites is 4. The number of anilines is 6. The van der Waals surface area contributed by atoms with Crippen LogP contribution >= 0.6 is 0 Å². The normalized spacial score (nSPS) is 14.0. The number of hydrogen-bond acceptors (Lipinski definition) is 2. The maximum absolute atomic E-state index is 9.21. The van der Waals surface area contributed by atoms with E-state index >= 15 is 0 Å². The van der Waals surface area contributed by atoms with Gasteiger partial charge in [-0.3, -0.25) is 0 Å². The predicted molar refractivity (Wildman–Crippen MR) is 296 cm³/mol. The minimum atomic E-state index is -0.461. The molecule has 0 amide bonds. The monoisotopic (exact) mass is 900 g/mol. The lowest BCUT2D eigenvalue weighted by molar-refractivity contribution is 1.28. The Morgan fingerprint density at radius 1 is 0.257 bits per heavy atom. The highest BCUT2D eigenvalue weighted by molar-refractivity contribution is 6.29. The highest BCUT2D eigenvalue weighted by atomic mass is 15.1. The summed E-state index contributed by atoms with van der Waals surface area (Å²) in [6, 6.07) is 61.2. The smallest absolute Gasteiger partial charge is 0.0645 e. The van der Waals surface area contributed by atoms with E-state index in [1.165, 1.54) is 0 Å². The van der Waals surface area contributed by atoms with Crippen LogP contribution in [-0.4, -0.2) is 8.80 Å². The number of nitrogens with zero attached hydrogens (tertiary/aromatic N) is 4. The van der Waals surface area contributed by atoms with Gasteiger partial charge in [-0.15, -0.1) is 0 Å². The number of fused-ring (bicyclic) bond motifs is 12. The SMILES string of the molecule is [2H]c1c([2H])c([2H])c(N(c2ccc(-c3ccccc3)cc2)c2ccc3c4cccc5c6cc7c(cc6n(c3c2)c45)c2cccc3c4ccc(N(c5ccc(-c6ccccc6)cc5)c5c([2H])c([2H])c([2H])c([2H])c5[2H])cc4n7c32)c([2H])c1[2H]. The van der Waals surface area contributed by atoms with E-state index in [0.29, 0.717) is 22.7 Å². The lowest BCUT2D eigenvalue weighted by Gasteiger charge is -2.26. The zero-order chi connectivity index (χ0) is 54.6. The van der Waals surface area contributed by atoms with Crippen molar-refractivity contribution in [3.8, 4) is 22.3 Å². The number of benzene rings is 11. The molecule has 0 atom stereocenters. The van der Waals surface area contributed by atoms with Gasteiger partial charge in [0.25, 0.3) is 0 Å². The Labute approximate surface area is 418 Å². The predicted octanol–water partition coefficient (Wildman–Crippen LogP) is 18.3. The molecule has 4 nitrogen and oxygen atoms in total. The third kappa shape index (κ3) is 5.71. The Morgan fingerprint density at radius 2 is 0.600 bits per heavy atom. The van der Waals surface area contributed by atoms with Crippen molar-refractivity contribution in [2.45, 2.75) is 0 Å². The molecule has 0 aliphatic heterocycles. The van der Waals surface area contributed by atoms with Crippen molar-refractivity contribution in [2.24, 2.45) is 0 Å². The summed E-state index contributed by atoms with van der Waals surface area (Å²) in [6.07, 6.45) is 0. The highest BCUT2D eigenvalue weighted by Crippen LogP contribution is 2.47. The van der Waals surface area contributed by atoms with Gasteiger partial charge in [-0.05, 0) is 107 Å². The van der Waals surface area contributed by atoms with Crippen LogP contribution in [0.15, 0.2) is 255 Å². The van der Waals surface area contributed by atoms with Crippen molar-refractivity contribution in [1.29, 1.82) is 0 Å². The van der Waals surface area contributed by atoms with Gasteiger partial charge in [-0.1, -0.05) is 170 Å². The number of aromatic nitrogens is 2. The molecule has 0 aliphatic rings. The molecule has 15 aromatic rings. The topological polar surface area (TPSA) is 15.3 Å². The third-order valence-corrected chi connectivity index (χ3v) is 14.1. The van der Waals surface area contributed by atoms with Crippen molar-refractivity contribution < 1.29 is 13.7 Å². The van der Waals surface area contributed by atoms with Gasteiger partial charge >= 0.3 is 0 Å². The Bertz CT molecular complexity index is 4680. The fraction of sp³-hybridized carbons (Fsp3) is 0. The third-order valence-electron chi connectivity index (χ3n) is 14.1. The van der Waals surface area contributed by atoms with Crippen LogP contribution in [0.3, 0.4) is 0 Å². The molecule has 70 heavy (non-hydrogen) atoms. The molecule has 0 aliphatic carbocycles. The van der Waals surface area contributed by atoms with Crippen LogP contribution < -0.4 is 9.80 Å². The first kappa shape index (κ1) is 30.1. The van der Waals surface area contributed by atoms with Crippen LogP contribution in [0.5, 0.6) is 0 Å². The largest absolute Gasteiger partial charge is 0.310 e. The molecule has 15 rings (SSSR count). The molecule has 0 fully saturated rings. The van der Waals surface area contributed by atoms with E-state index in [1.54, 1.807) is 9.80 Å². The minimum absolute atomic E-state index is 0.0436. The van der Waals surface area contributed by atoms with Crippen LogP contribution in [0.4, 0.5) is 34.1 Å².